The summed E-state index contributed by atoms with van der Waals surface area (Å²) in [5.41, 5.74) is 0. The van der Waals surface area contributed by atoms with Crippen molar-refractivity contribution in [3.63, 3.8) is 0 Å². The Morgan fingerprint density at radius 1 is 1.17 bits per heavy atom. The average molecular weight is 164 g/mol. The molecule has 1 saturated carbocycles. The van der Waals surface area contributed by atoms with Crippen molar-refractivity contribution in [2.24, 2.45) is 5.92 Å². The summed E-state index contributed by atoms with van der Waals surface area (Å²) in [5, 5.41) is 0. The maximum atomic E-state index is 3.41. The highest BCUT2D eigenvalue weighted by Gasteiger charge is 2.09. The maximum Gasteiger partial charge on any atom is 0.0202 e. The molecule has 0 radical (unpaired) electrons. The SMILES string of the molecule is CCCCC#CC1CCCCC1. The lowest BCUT2D eigenvalue weighted by molar-refractivity contribution is 0.430. The van der Waals surface area contributed by atoms with Gasteiger partial charge in [0.25, 0.3) is 0 Å². The van der Waals surface area contributed by atoms with Gasteiger partial charge in [0.1, 0.15) is 0 Å². The van der Waals surface area contributed by atoms with Crippen molar-refractivity contribution in [2.75, 3.05) is 0 Å². The summed E-state index contributed by atoms with van der Waals surface area (Å²) < 4.78 is 0. The highest BCUT2D eigenvalue weighted by Crippen LogP contribution is 2.22. The van der Waals surface area contributed by atoms with Gasteiger partial charge in [-0.15, -0.1) is 5.92 Å². The van der Waals surface area contributed by atoms with Crippen LogP contribution < -0.4 is 0 Å². The molecule has 0 aromatic rings. The lowest BCUT2D eigenvalue weighted by Crippen LogP contribution is -2.02. The van der Waals surface area contributed by atoms with Gasteiger partial charge in [0.2, 0.25) is 0 Å². The standard InChI is InChI=1S/C12H20/c1-2-3-4-6-9-12-10-7-5-8-11-12/h12H,2-5,7-8,10-11H2,1H3. The summed E-state index contributed by atoms with van der Waals surface area (Å²) in [6, 6.07) is 0. The smallest absolute Gasteiger partial charge is 0.0202 e. The van der Waals surface area contributed by atoms with Gasteiger partial charge in [0, 0.05) is 12.3 Å². The van der Waals surface area contributed by atoms with Crippen LogP contribution in [-0.2, 0) is 0 Å². The van der Waals surface area contributed by atoms with E-state index in [1.807, 2.05) is 0 Å². The molecule has 0 atom stereocenters. The van der Waals surface area contributed by atoms with Gasteiger partial charge in [0.15, 0.2) is 0 Å². The Morgan fingerprint density at radius 2 is 1.92 bits per heavy atom. The van der Waals surface area contributed by atoms with E-state index >= 15 is 0 Å². The molecule has 0 aromatic carbocycles. The third-order valence-electron chi connectivity index (χ3n) is 2.57. The van der Waals surface area contributed by atoms with Gasteiger partial charge in [-0.1, -0.05) is 38.5 Å². The first-order valence-electron chi connectivity index (χ1n) is 5.42. The van der Waals surface area contributed by atoms with Crippen LogP contribution in [-0.4, -0.2) is 0 Å². The molecule has 1 aliphatic carbocycles. The van der Waals surface area contributed by atoms with E-state index in [4.69, 9.17) is 0 Å². The van der Waals surface area contributed by atoms with Gasteiger partial charge >= 0.3 is 0 Å². The molecule has 1 fully saturated rings. The van der Waals surface area contributed by atoms with E-state index in [1.165, 1.54) is 44.9 Å². The molecule has 0 spiro atoms. The van der Waals surface area contributed by atoms with Gasteiger partial charge < -0.3 is 0 Å². The fourth-order valence-corrected chi connectivity index (χ4v) is 1.73. The summed E-state index contributed by atoms with van der Waals surface area (Å²) in [6.07, 6.45) is 10.7. The molecule has 1 rings (SSSR count). The summed E-state index contributed by atoms with van der Waals surface area (Å²) in [4.78, 5) is 0. The van der Waals surface area contributed by atoms with Crippen LogP contribution in [0.2, 0.25) is 0 Å². The maximum absolute atomic E-state index is 3.41. The van der Waals surface area contributed by atoms with Crippen molar-refractivity contribution in [3.05, 3.63) is 0 Å². The third kappa shape index (κ3) is 3.81. The van der Waals surface area contributed by atoms with Gasteiger partial charge in [-0.25, -0.2) is 0 Å². The van der Waals surface area contributed by atoms with Crippen molar-refractivity contribution in [3.8, 4) is 11.8 Å². The van der Waals surface area contributed by atoms with Crippen LogP contribution in [0.4, 0.5) is 0 Å². The Labute approximate surface area is 76.7 Å². The summed E-state index contributed by atoms with van der Waals surface area (Å²) in [6.45, 7) is 2.22. The van der Waals surface area contributed by atoms with Crippen LogP contribution in [0.15, 0.2) is 0 Å². The van der Waals surface area contributed by atoms with Gasteiger partial charge in [-0.05, 0) is 19.3 Å². The summed E-state index contributed by atoms with van der Waals surface area (Å²) >= 11 is 0. The third-order valence-corrected chi connectivity index (χ3v) is 2.57. The lowest BCUT2D eigenvalue weighted by atomic mass is 9.90. The Kier molecular flexibility index (Phi) is 4.92. The molecule has 0 heterocycles. The van der Waals surface area contributed by atoms with Crippen molar-refractivity contribution in [1.29, 1.82) is 0 Å². The van der Waals surface area contributed by atoms with Crippen LogP contribution in [0.3, 0.4) is 0 Å². The predicted octanol–water partition coefficient (Wildman–Crippen LogP) is 3.76. The van der Waals surface area contributed by atoms with Crippen LogP contribution in [0.25, 0.3) is 0 Å². The largest absolute Gasteiger partial charge is 0.103 e. The zero-order valence-electron chi connectivity index (χ0n) is 8.23. The van der Waals surface area contributed by atoms with Gasteiger partial charge in [-0.2, -0.15) is 0 Å². The predicted molar refractivity (Wildman–Crippen MR) is 53.9 cm³/mol. The van der Waals surface area contributed by atoms with Crippen molar-refractivity contribution in [2.45, 2.75) is 58.3 Å². The zero-order valence-corrected chi connectivity index (χ0v) is 8.23. The molecule has 0 saturated heterocycles. The van der Waals surface area contributed by atoms with Crippen LogP contribution >= 0.6 is 0 Å². The monoisotopic (exact) mass is 164 g/mol. The quantitative estimate of drug-likeness (QED) is 0.430. The second kappa shape index (κ2) is 6.12. The van der Waals surface area contributed by atoms with Crippen LogP contribution in [0, 0.1) is 17.8 Å². The van der Waals surface area contributed by atoms with E-state index in [9.17, 15) is 0 Å². The first kappa shape index (κ1) is 9.65. The Hall–Kier alpha value is -0.440. The molecule has 1 aliphatic rings. The van der Waals surface area contributed by atoms with E-state index in [2.05, 4.69) is 18.8 Å². The molecule has 0 aliphatic heterocycles. The Bertz CT molecular complexity index is 153. The molecule has 0 aromatic heterocycles. The molecule has 68 valence electrons. The molecular weight excluding hydrogens is 144 g/mol. The zero-order chi connectivity index (χ0) is 8.65. The fourth-order valence-electron chi connectivity index (χ4n) is 1.73. The molecule has 12 heavy (non-hydrogen) atoms. The number of rotatable bonds is 2. The summed E-state index contributed by atoms with van der Waals surface area (Å²) in [5.74, 6) is 7.46. The minimum atomic E-state index is 0.746. The second-order valence-corrected chi connectivity index (χ2v) is 3.76. The minimum Gasteiger partial charge on any atom is -0.103 e. The average Bonchev–Trinajstić information content (AvgIpc) is 2.14. The molecule has 0 nitrogen and oxygen atoms in total. The van der Waals surface area contributed by atoms with E-state index in [1.54, 1.807) is 0 Å². The molecule has 0 unspecified atom stereocenters. The van der Waals surface area contributed by atoms with E-state index < -0.39 is 0 Å². The number of unbranched alkanes of at least 4 members (excludes halogenated alkanes) is 2. The lowest BCUT2D eigenvalue weighted by Gasteiger charge is -2.15. The summed E-state index contributed by atoms with van der Waals surface area (Å²) in [7, 11) is 0. The van der Waals surface area contributed by atoms with Gasteiger partial charge in [-0.3, -0.25) is 0 Å². The van der Waals surface area contributed by atoms with Crippen LogP contribution in [0.5, 0.6) is 0 Å². The van der Waals surface area contributed by atoms with Crippen molar-refractivity contribution < 1.29 is 0 Å². The molecule has 0 N–H and O–H groups in total. The Morgan fingerprint density at radius 3 is 2.58 bits per heavy atom. The topological polar surface area (TPSA) is 0 Å². The van der Waals surface area contributed by atoms with E-state index in [0.29, 0.717) is 0 Å². The highest BCUT2D eigenvalue weighted by atomic mass is 14.1. The van der Waals surface area contributed by atoms with Gasteiger partial charge in [0.05, 0.1) is 0 Å². The normalized spacial score (nSPS) is 18.4. The highest BCUT2D eigenvalue weighted by molar-refractivity contribution is 5.04. The number of hydrogen-bond acceptors (Lipinski definition) is 0. The van der Waals surface area contributed by atoms with Crippen LogP contribution in [0.1, 0.15) is 58.3 Å². The minimum absolute atomic E-state index is 0.746. The van der Waals surface area contributed by atoms with E-state index in [0.717, 1.165) is 12.3 Å². The first-order chi connectivity index (χ1) is 5.93. The first-order valence-corrected chi connectivity index (χ1v) is 5.42. The van der Waals surface area contributed by atoms with Crippen molar-refractivity contribution in [1.82, 2.24) is 0 Å². The molecule has 0 heteroatoms. The number of hydrogen-bond donors (Lipinski definition) is 0. The van der Waals surface area contributed by atoms with E-state index in [-0.39, 0.29) is 0 Å². The molecular formula is C12H20. The Balaban J connectivity index is 2.13. The van der Waals surface area contributed by atoms with Crippen molar-refractivity contribution >= 4 is 0 Å². The second-order valence-electron chi connectivity index (χ2n) is 3.76. The molecule has 0 bridgehead atoms. The molecule has 0 amide bonds. The fraction of sp³-hybridized carbons (Fsp3) is 0.833.